The normalized spacial score (nSPS) is 18.2. The van der Waals surface area contributed by atoms with Crippen molar-refractivity contribution in [3.8, 4) is 23.0 Å². The fourth-order valence-electron chi connectivity index (χ4n) is 4.26. The molecular formula is C25H29NO5. The van der Waals surface area contributed by atoms with Crippen molar-refractivity contribution in [1.29, 1.82) is 0 Å². The summed E-state index contributed by atoms with van der Waals surface area (Å²) in [5.74, 6) is 2.66. The summed E-state index contributed by atoms with van der Waals surface area (Å²) in [7, 11) is 3.16. The summed E-state index contributed by atoms with van der Waals surface area (Å²) in [4.78, 5) is 15.5. The zero-order chi connectivity index (χ0) is 22.1. The SMILES string of the molecule is COc1ccc(/C=C2\Oc3c(CN4CCC(C)CC4)c(O)cc(C)c3C2=O)c(OC)c1. The molecule has 31 heavy (non-hydrogen) atoms. The topological polar surface area (TPSA) is 68.2 Å². The van der Waals surface area contributed by atoms with Gasteiger partial charge in [0.25, 0.3) is 0 Å². The van der Waals surface area contributed by atoms with Gasteiger partial charge in [0.1, 0.15) is 23.0 Å². The van der Waals surface area contributed by atoms with E-state index in [9.17, 15) is 9.90 Å². The molecule has 2 aromatic carbocycles. The average molecular weight is 424 g/mol. The molecule has 2 aliphatic rings. The van der Waals surface area contributed by atoms with Crippen molar-refractivity contribution in [2.24, 2.45) is 5.92 Å². The first-order valence-electron chi connectivity index (χ1n) is 10.6. The Morgan fingerprint density at radius 1 is 1.19 bits per heavy atom. The van der Waals surface area contributed by atoms with E-state index in [1.54, 1.807) is 38.5 Å². The molecule has 0 spiro atoms. The molecule has 2 aromatic rings. The molecule has 1 N–H and O–H groups in total. The summed E-state index contributed by atoms with van der Waals surface area (Å²) < 4.78 is 16.8. The number of ketones is 1. The van der Waals surface area contributed by atoms with Crippen LogP contribution in [0.25, 0.3) is 6.08 Å². The van der Waals surface area contributed by atoms with E-state index in [0.717, 1.165) is 31.8 Å². The summed E-state index contributed by atoms with van der Waals surface area (Å²) in [5, 5.41) is 10.7. The number of aromatic hydroxyl groups is 1. The van der Waals surface area contributed by atoms with Crippen LogP contribution in [0.3, 0.4) is 0 Å². The third-order valence-corrected chi connectivity index (χ3v) is 6.21. The number of rotatable bonds is 5. The number of ether oxygens (including phenoxy) is 3. The number of carbonyl (C=O) groups excluding carboxylic acids is 1. The lowest BCUT2D eigenvalue weighted by atomic mass is 9.96. The van der Waals surface area contributed by atoms with Crippen LogP contribution in [-0.2, 0) is 6.54 Å². The second-order valence-corrected chi connectivity index (χ2v) is 8.40. The highest BCUT2D eigenvalue weighted by Gasteiger charge is 2.34. The molecule has 1 fully saturated rings. The minimum Gasteiger partial charge on any atom is -0.507 e. The maximum absolute atomic E-state index is 13.2. The van der Waals surface area contributed by atoms with Crippen molar-refractivity contribution in [2.45, 2.75) is 33.2 Å². The van der Waals surface area contributed by atoms with Crippen LogP contribution < -0.4 is 14.2 Å². The number of benzene rings is 2. The Balaban J connectivity index is 1.68. The molecule has 2 aliphatic heterocycles. The van der Waals surface area contributed by atoms with Gasteiger partial charge in [-0.3, -0.25) is 9.69 Å². The fraction of sp³-hybridized carbons (Fsp3) is 0.400. The Hall–Kier alpha value is -2.99. The van der Waals surface area contributed by atoms with Crippen LogP contribution in [0.5, 0.6) is 23.0 Å². The summed E-state index contributed by atoms with van der Waals surface area (Å²) in [6, 6.07) is 7.06. The zero-order valence-corrected chi connectivity index (χ0v) is 18.5. The second-order valence-electron chi connectivity index (χ2n) is 8.40. The highest BCUT2D eigenvalue weighted by molar-refractivity contribution is 6.16. The fourth-order valence-corrected chi connectivity index (χ4v) is 4.26. The van der Waals surface area contributed by atoms with Crippen LogP contribution in [-0.4, -0.2) is 43.1 Å². The van der Waals surface area contributed by atoms with E-state index in [1.165, 1.54) is 0 Å². The first-order chi connectivity index (χ1) is 14.9. The number of hydrogen-bond donors (Lipinski definition) is 1. The quantitative estimate of drug-likeness (QED) is 0.711. The van der Waals surface area contributed by atoms with Gasteiger partial charge in [0.2, 0.25) is 5.78 Å². The Labute approximate surface area is 183 Å². The van der Waals surface area contributed by atoms with Crippen LogP contribution in [0.15, 0.2) is 30.0 Å². The predicted molar refractivity (Wildman–Crippen MR) is 119 cm³/mol. The number of piperidine rings is 1. The van der Waals surface area contributed by atoms with Crippen LogP contribution in [0.2, 0.25) is 0 Å². The third kappa shape index (κ3) is 4.12. The van der Waals surface area contributed by atoms with E-state index < -0.39 is 0 Å². The number of fused-ring (bicyclic) bond motifs is 1. The molecule has 0 aliphatic carbocycles. The van der Waals surface area contributed by atoms with Gasteiger partial charge in [-0.2, -0.15) is 0 Å². The van der Waals surface area contributed by atoms with Gasteiger partial charge < -0.3 is 19.3 Å². The highest BCUT2D eigenvalue weighted by atomic mass is 16.5. The van der Waals surface area contributed by atoms with E-state index in [1.807, 2.05) is 13.0 Å². The number of phenols is 1. The molecule has 4 rings (SSSR count). The lowest BCUT2D eigenvalue weighted by Gasteiger charge is -2.30. The van der Waals surface area contributed by atoms with E-state index in [-0.39, 0.29) is 17.3 Å². The average Bonchev–Trinajstić information content (AvgIpc) is 3.09. The van der Waals surface area contributed by atoms with Crippen LogP contribution in [0.1, 0.15) is 46.8 Å². The molecule has 6 nitrogen and oxygen atoms in total. The second kappa shape index (κ2) is 8.63. The van der Waals surface area contributed by atoms with Crippen molar-refractivity contribution in [1.82, 2.24) is 4.90 Å². The van der Waals surface area contributed by atoms with E-state index in [2.05, 4.69) is 11.8 Å². The van der Waals surface area contributed by atoms with Crippen LogP contribution in [0, 0.1) is 12.8 Å². The van der Waals surface area contributed by atoms with Crippen molar-refractivity contribution >= 4 is 11.9 Å². The van der Waals surface area contributed by atoms with Gasteiger partial charge in [-0.15, -0.1) is 0 Å². The summed E-state index contributed by atoms with van der Waals surface area (Å²) in [5.41, 5.74) is 2.62. The number of methoxy groups -OCH3 is 2. The lowest BCUT2D eigenvalue weighted by molar-refractivity contribution is 0.101. The summed E-state index contributed by atoms with van der Waals surface area (Å²) in [6.07, 6.45) is 3.96. The Morgan fingerprint density at radius 3 is 2.61 bits per heavy atom. The minimum atomic E-state index is -0.182. The van der Waals surface area contributed by atoms with E-state index in [4.69, 9.17) is 14.2 Å². The van der Waals surface area contributed by atoms with E-state index >= 15 is 0 Å². The lowest BCUT2D eigenvalue weighted by Crippen LogP contribution is -2.32. The van der Waals surface area contributed by atoms with Gasteiger partial charge >= 0.3 is 0 Å². The molecule has 1 saturated heterocycles. The standard InChI is InChI=1S/C25H29NO5/c1-15-7-9-26(10-8-15)14-19-20(27)11-16(2)23-24(28)22(31-25(19)23)12-17-5-6-18(29-3)13-21(17)30-4/h5-6,11-13,15,27H,7-10,14H2,1-4H3/b22-12-. The van der Waals surface area contributed by atoms with Gasteiger partial charge in [0.15, 0.2) is 5.76 Å². The number of carbonyl (C=O) groups is 1. The van der Waals surface area contributed by atoms with Gasteiger partial charge in [0.05, 0.1) is 25.3 Å². The monoisotopic (exact) mass is 423 g/mol. The Morgan fingerprint density at radius 2 is 1.94 bits per heavy atom. The number of hydrogen-bond acceptors (Lipinski definition) is 6. The summed E-state index contributed by atoms with van der Waals surface area (Å²) in [6.45, 7) is 6.60. The Bertz CT molecular complexity index is 1030. The van der Waals surface area contributed by atoms with Crippen molar-refractivity contribution < 1.29 is 24.1 Å². The van der Waals surface area contributed by atoms with Gasteiger partial charge in [0, 0.05) is 18.2 Å². The summed E-state index contributed by atoms with van der Waals surface area (Å²) >= 11 is 0. The maximum atomic E-state index is 13.2. The number of aryl methyl sites for hydroxylation is 1. The van der Waals surface area contributed by atoms with Crippen molar-refractivity contribution in [3.63, 3.8) is 0 Å². The highest BCUT2D eigenvalue weighted by Crippen LogP contribution is 2.43. The molecular weight excluding hydrogens is 394 g/mol. The van der Waals surface area contributed by atoms with Crippen molar-refractivity contribution in [2.75, 3.05) is 27.3 Å². The third-order valence-electron chi connectivity index (χ3n) is 6.21. The molecule has 0 amide bonds. The number of nitrogens with zero attached hydrogens (tertiary/aromatic N) is 1. The van der Waals surface area contributed by atoms with Crippen LogP contribution in [0.4, 0.5) is 0 Å². The molecule has 0 radical (unpaired) electrons. The predicted octanol–water partition coefficient (Wildman–Crippen LogP) is 4.57. The van der Waals surface area contributed by atoms with E-state index in [0.29, 0.717) is 46.0 Å². The molecule has 0 aromatic heterocycles. The molecule has 2 heterocycles. The number of phenolic OH excluding ortho intramolecular Hbond substituents is 1. The molecule has 0 unspecified atom stereocenters. The largest absolute Gasteiger partial charge is 0.507 e. The van der Waals surface area contributed by atoms with Gasteiger partial charge in [-0.1, -0.05) is 6.92 Å². The molecule has 6 heteroatoms. The maximum Gasteiger partial charge on any atom is 0.232 e. The number of likely N-dealkylation sites (tertiary alicyclic amines) is 1. The molecule has 0 atom stereocenters. The first kappa shape index (κ1) is 21.2. The Kier molecular flexibility index (Phi) is 5.92. The van der Waals surface area contributed by atoms with Gasteiger partial charge in [-0.25, -0.2) is 0 Å². The number of allylic oxidation sites excluding steroid dienone is 1. The van der Waals surface area contributed by atoms with Crippen molar-refractivity contribution in [3.05, 3.63) is 52.3 Å². The molecule has 0 bridgehead atoms. The zero-order valence-electron chi connectivity index (χ0n) is 18.5. The van der Waals surface area contributed by atoms with Gasteiger partial charge in [-0.05, 0) is 68.6 Å². The smallest absolute Gasteiger partial charge is 0.232 e. The molecule has 0 saturated carbocycles. The molecule has 164 valence electrons. The minimum absolute atomic E-state index is 0.172. The number of Topliss-reactive ketones (excluding diaryl/α,β-unsaturated/α-hetero) is 1. The van der Waals surface area contributed by atoms with Crippen LogP contribution >= 0.6 is 0 Å². The first-order valence-corrected chi connectivity index (χ1v) is 10.6.